The molecule has 2 rings (SSSR count). The molecule has 17 heavy (non-hydrogen) atoms. The van der Waals surface area contributed by atoms with Crippen LogP contribution in [0.1, 0.15) is 18.5 Å². The molecular formula is C12H16N2O3. The highest BCUT2D eigenvalue weighted by Gasteiger charge is 2.16. The first-order chi connectivity index (χ1) is 8.20. The lowest BCUT2D eigenvalue weighted by Crippen LogP contribution is -2.33. The predicted octanol–water partition coefficient (Wildman–Crippen LogP) is 0.812. The van der Waals surface area contributed by atoms with Crippen LogP contribution in [0.4, 0.5) is 0 Å². The first-order valence-corrected chi connectivity index (χ1v) is 5.54. The van der Waals surface area contributed by atoms with Gasteiger partial charge in [0.05, 0.1) is 12.6 Å². The molecule has 1 unspecified atom stereocenters. The lowest BCUT2D eigenvalue weighted by molar-refractivity contribution is -0.120. The van der Waals surface area contributed by atoms with Crippen molar-refractivity contribution in [2.45, 2.75) is 13.0 Å². The van der Waals surface area contributed by atoms with Gasteiger partial charge in [0.25, 0.3) is 0 Å². The van der Waals surface area contributed by atoms with Gasteiger partial charge in [-0.05, 0) is 31.7 Å². The molecule has 0 saturated carbocycles. The number of benzene rings is 1. The second-order valence-electron chi connectivity index (χ2n) is 3.93. The van der Waals surface area contributed by atoms with E-state index in [0.29, 0.717) is 6.54 Å². The van der Waals surface area contributed by atoms with Crippen LogP contribution in [0.5, 0.6) is 11.5 Å². The summed E-state index contributed by atoms with van der Waals surface area (Å²) in [6.07, 6.45) is 0. The Hall–Kier alpha value is -1.75. The van der Waals surface area contributed by atoms with Crippen LogP contribution in [0, 0.1) is 0 Å². The summed E-state index contributed by atoms with van der Waals surface area (Å²) in [7, 11) is 1.74. The third kappa shape index (κ3) is 2.68. The van der Waals surface area contributed by atoms with Crippen molar-refractivity contribution >= 4 is 5.91 Å². The first kappa shape index (κ1) is 11.7. The van der Waals surface area contributed by atoms with E-state index >= 15 is 0 Å². The van der Waals surface area contributed by atoms with Gasteiger partial charge in [0.15, 0.2) is 11.5 Å². The topological polar surface area (TPSA) is 59.6 Å². The second kappa shape index (κ2) is 5.05. The third-order valence-corrected chi connectivity index (χ3v) is 2.61. The number of carbonyl (C=O) groups excluding carboxylic acids is 1. The smallest absolute Gasteiger partial charge is 0.234 e. The Morgan fingerprint density at radius 2 is 2.18 bits per heavy atom. The van der Waals surface area contributed by atoms with Gasteiger partial charge in [-0.2, -0.15) is 0 Å². The lowest BCUT2D eigenvalue weighted by atomic mass is 10.1. The number of ether oxygens (including phenoxy) is 2. The molecule has 1 aromatic carbocycles. The quantitative estimate of drug-likeness (QED) is 0.812. The van der Waals surface area contributed by atoms with Crippen LogP contribution in [0.2, 0.25) is 0 Å². The Balaban J connectivity index is 2.04. The molecule has 0 fully saturated rings. The molecule has 0 bridgehead atoms. The molecular weight excluding hydrogens is 220 g/mol. The van der Waals surface area contributed by atoms with Gasteiger partial charge in [-0.15, -0.1) is 0 Å². The van der Waals surface area contributed by atoms with E-state index in [1.165, 1.54) is 0 Å². The molecule has 1 aromatic rings. The van der Waals surface area contributed by atoms with Gasteiger partial charge in [0.2, 0.25) is 12.7 Å². The summed E-state index contributed by atoms with van der Waals surface area (Å²) in [6.45, 7) is 2.51. The lowest BCUT2D eigenvalue weighted by Gasteiger charge is -2.14. The van der Waals surface area contributed by atoms with Crippen LogP contribution in [-0.4, -0.2) is 26.3 Å². The van der Waals surface area contributed by atoms with E-state index in [4.69, 9.17) is 9.47 Å². The van der Waals surface area contributed by atoms with Gasteiger partial charge >= 0.3 is 0 Å². The number of likely N-dealkylation sites (N-methyl/N-ethyl adjacent to an activating group) is 1. The number of amides is 1. The minimum Gasteiger partial charge on any atom is -0.454 e. The highest BCUT2D eigenvalue weighted by Crippen LogP contribution is 2.33. The normalized spacial score (nSPS) is 14.5. The number of hydrogen-bond acceptors (Lipinski definition) is 4. The van der Waals surface area contributed by atoms with Gasteiger partial charge in [-0.3, -0.25) is 4.79 Å². The maximum Gasteiger partial charge on any atom is 0.234 e. The monoisotopic (exact) mass is 236 g/mol. The second-order valence-corrected chi connectivity index (χ2v) is 3.93. The van der Waals surface area contributed by atoms with Crippen LogP contribution < -0.4 is 20.1 Å². The van der Waals surface area contributed by atoms with Crippen LogP contribution in [-0.2, 0) is 4.79 Å². The summed E-state index contributed by atoms with van der Waals surface area (Å²) in [4.78, 5) is 11.4. The minimum absolute atomic E-state index is 0.0299. The highest BCUT2D eigenvalue weighted by atomic mass is 16.7. The number of carbonyl (C=O) groups is 1. The van der Waals surface area contributed by atoms with Crippen LogP contribution in [0.3, 0.4) is 0 Å². The molecule has 92 valence electrons. The summed E-state index contributed by atoms with van der Waals surface area (Å²) >= 11 is 0. The van der Waals surface area contributed by atoms with Crippen molar-refractivity contribution in [3.63, 3.8) is 0 Å². The third-order valence-electron chi connectivity index (χ3n) is 2.61. The van der Waals surface area contributed by atoms with E-state index in [-0.39, 0.29) is 18.7 Å². The van der Waals surface area contributed by atoms with Crippen molar-refractivity contribution < 1.29 is 14.3 Å². The standard InChI is InChI=1S/C12H16N2O3/c1-8(14-12(15)6-13-2)9-3-4-10-11(5-9)17-7-16-10/h3-5,8,13H,6-7H2,1-2H3,(H,14,15). The van der Waals surface area contributed by atoms with Gasteiger partial charge < -0.3 is 20.1 Å². The SMILES string of the molecule is CNCC(=O)NC(C)c1ccc2c(c1)OCO2. The van der Waals surface area contributed by atoms with Crippen molar-refractivity contribution in [2.24, 2.45) is 0 Å². The maximum atomic E-state index is 11.4. The zero-order valence-corrected chi connectivity index (χ0v) is 9.95. The molecule has 1 amide bonds. The van der Waals surface area contributed by atoms with E-state index in [1.807, 2.05) is 25.1 Å². The molecule has 0 radical (unpaired) electrons. The summed E-state index contributed by atoms with van der Waals surface area (Å²) < 4.78 is 10.5. The molecule has 0 saturated heterocycles. The molecule has 1 atom stereocenters. The van der Waals surface area contributed by atoms with Crippen molar-refractivity contribution in [1.29, 1.82) is 0 Å². The number of rotatable bonds is 4. The van der Waals surface area contributed by atoms with Crippen molar-refractivity contribution in [3.8, 4) is 11.5 Å². The Morgan fingerprint density at radius 3 is 2.94 bits per heavy atom. The van der Waals surface area contributed by atoms with E-state index in [1.54, 1.807) is 7.05 Å². The Bertz CT molecular complexity index is 420. The van der Waals surface area contributed by atoms with E-state index < -0.39 is 0 Å². The van der Waals surface area contributed by atoms with Crippen molar-refractivity contribution in [2.75, 3.05) is 20.4 Å². The fraction of sp³-hybridized carbons (Fsp3) is 0.417. The van der Waals surface area contributed by atoms with Crippen LogP contribution >= 0.6 is 0 Å². The van der Waals surface area contributed by atoms with E-state index in [0.717, 1.165) is 17.1 Å². The molecule has 1 aliphatic heterocycles. The van der Waals surface area contributed by atoms with Gasteiger partial charge in [0, 0.05) is 0 Å². The molecule has 1 aliphatic rings. The first-order valence-electron chi connectivity index (χ1n) is 5.54. The van der Waals surface area contributed by atoms with Gasteiger partial charge in [-0.1, -0.05) is 6.07 Å². The highest BCUT2D eigenvalue weighted by molar-refractivity contribution is 5.78. The zero-order chi connectivity index (χ0) is 12.3. The molecule has 0 spiro atoms. The molecule has 5 heteroatoms. The minimum atomic E-state index is -0.0506. The average molecular weight is 236 g/mol. The summed E-state index contributed by atoms with van der Waals surface area (Å²) in [5.41, 5.74) is 0.999. The predicted molar refractivity (Wildman–Crippen MR) is 63.0 cm³/mol. The van der Waals surface area contributed by atoms with Crippen LogP contribution in [0.25, 0.3) is 0 Å². The van der Waals surface area contributed by atoms with Gasteiger partial charge in [-0.25, -0.2) is 0 Å². The van der Waals surface area contributed by atoms with Crippen molar-refractivity contribution in [1.82, 2.24) is 10.6 Å². The average Bonchev–Trinajstić information content (AvgIpc) is 2.75. The summed E-state index contributed by atoms with van der Waals surface area (Å²) in [5, 5.41) is 5.70. The van der Waals surface area contributed by atoms with Gasteiger partial charge in [0.1, 0.15) is 0 Å². The van der Waals surface area contributed by atoms with Crippen molar-refractivity contribution in [3.05, 3.63) is 23.8 Å². The molecule has 0 aliphatic carbocycles. The molecule has 0 aromatic heterocycles. The zero-order valence-electron chi connectivity index (χ0n) is 9.95. The number of hydrogen-bond donors (Lipinski definition) is 2. The maximum absolute atomic E-state index is 11.4. The molecule has 1 heterocycles. The Labute approximate surface area is 100 Å². The Kier molecular flexibility index (Phi) is 3.49. The van der Waals surface area contributed by atoms with E-state index in [2.05, 4.69) is 10.6 Å². The molecule has 5 nitrogen and oxygen atoms in total. The fourth-order valence-electron chi connectivity index (χ4n) is 1.72. The number of nitrogens with one attached hydrogen (secondary N) is 2. The molecule has 2 N–H and O–H groups in total. The van der Waals surface area contributed by atoms with Crippen LogP contribution in [0.15, 0.2) is 18.2 Å². The van der Waals surface area contributed by atoms with E-state index in [9.17, 15) is 4.79 Å². The Morgan fingerprint density at radius 1 is 1.41 bits per heavy atom. The summed E-state index contributed by atoms with van der Waals surface area (Å²) in [5.74, 6) is 1.46. The number of fused-ring (bicyclic) bond motifs is 1. The largest absolute Gasteiger partial charge is 0.454 e. The fourth-order valence-corrected chi connectivity index (χ4v) is 1.72. The summed E-state index contributed by atoms with van der Waals surface area (Å²) in [6, 6.07) is 5.63.